The summed E-state index contributed by atoms with van der Waals surface area (Å²) in [4.78, 5) is 27.4. The van der Waals surface area contributed by atoms with Crippen molar-refractivity contribution in [3.05, 3.63) is 63.7 Å². The van der Waals surface area contributed by atoms with Gasteiger partial charge in [0.15, 0.2) is 6.61 Å². The van der Waals surface area contributed by atoms with Crippen LogP contribution in [0.5, 0.6) is 5.75 Å². The fourth-order valence-corrected chi connectivity index (χ4v) is 3.87. The molecule has 154 valence electrons. The summed E-state index contributed by atoms with van der Waals surface area (Å²) in [7, 11) is 0. The van der Waals surface area contributed by atoms with Crippen molar-refractivity contribution in [2.75, 3.05) is 6.61 Å². The summed E-state index contributed by atoms with van der Waals surface area (Å²) >= 11 is 2.22. The number of hydrogen-bond acceptors (Lipinski definition) is 3. The lowest BCUT2D eigenvalue weighted by molar-refractivity contribution is -0.142. The van der Waals surface area contributed by atoms with Gasteiger partial charge in [-0.05, 0) is 72.2 Å². The van der Waals surface area contributed by atoms with Gasteiger partial charge in [-0.3, -0.25) is 9.59 Å². The van der Waals surface area contributed by atoms with Gasteiger partial charge in [0.1, 0.15) is 11.8 Å². The Labute approximate surface area is 186 Å². The molecule has 2 aromatic carbocycles. The van der Waals surface area contributed by atoms with Crippen molar-refractivity contribution in [2.24, 2.45) is 0 Å². The summed E-state index contributed by atoms with van der Waals surface area (Å²) in [6, 6.07) is 16.9. The van der Waals surface area contributed by atoms with Gasteiger partial charge in [0.2, 0.25) is 5.91 Å². The Balaban J connectivity index is 1.67. The van der Waals surface area contributed by atoms with Crippen LogP contribution < -0.4 is 10.1 Å². The number of rotatable bonds is 8. The van der Waals surface area contributed by atoms with Crippen molar-refractivity contribution in [1.29, 1.82) is 0 Å². The molecule has 29 heavy (non-hydrogen) atoms. The SMILES string of the molecule is C[C@@H](C(=O)NC1CCCC1)N(Cc1ccccc1)C(=O)COc1ccc(I)cc1. The van der Waals surface area contributed by atoms with Crippen LogP contribution >= 0.6 is 22.6 Å². The topological polar surface area (TPSA) is 58.6 Å². The van der Waals surface area contributed by atoms with Crippen LogP contribution in [0.4, 0.5) is 0 Å². The Morgan fingerprint density at radius 1 is 1.10 bits per heavy atom. The van der Waals surface area contributed by atoms with Gasteiger partial charge >= 0.3 is 0 Å². The number of carbonyl (C=O) groups is 2. The molecular weight excluding hydrogens is 479 g/mol. The molecule has 0 radical (unpaired) electrons. The molecule has 0 unspecified atom stereocenters. The van der Waals surface area contributed by atoms with E-state index in [0.29, 0.717) is 12.3 Å². The summed E-state index contributed by atoms with van der Waals surface area (Å²) in [5.74, 6) is 0.332. The third-order valence-electron chi connectivity index (χ3n) is 5.24. The zero-order chi connectivity index (χ0) is 20.6. The van der Waals surface area contributed by atoms with Crippen LogP contribution in [-0.2, 0) is 16.1 Å². The second kappa shape index (κ2) is 10.6. The Bertz CT molecular complexity index is 805. The molecule has 2 aromatic rings. The molecular formula is C23H27IN2O3. The summed E-state index contributed by atoms with van der Waals surface area (Å²) in [6.07, 6.45) is 4.33. The van der Waals surface area contributed by atoms with Gasteiger partial charge in [-0.1, -0.05) is 43.2 Å². The number of benzene rings is 2. The Kier molecular flexibility index (Phi) is 7.91. The van der Waals surface area contributed by atoms with Crippen molar-refractivity contribution in [3.8, 4) is 5.75 Å². The minimum atomic E-state index is -0.566. The Morgan fingerprint density at radius 2 is 1.76 bits per heavy atom. The van der Waals surface area contributed by atoms with E-state index in [1.54, 1.807) is 11.8 Å². The highest BCUT2D eigenvalue weighted by Gasteiger charge is 2.28. The first-order valence-corrected chi connectivity index (χ1v) is 11.1. The maximum Gasteiger partial charge on any atom is 0.261 e. The summed E-state index contributed by atoms with van der Waals surface area (Å²) < 4.78 is 6.78. The first-order valence-electron chi connectivity index (χ1n) is 10.0. The summed E-state index contributed by atoms with van der Waals surface area (Å²) in [5.41, 5.74) is 0.982. The van der Waals surface area contributed by atoms with Gasteiger partial charge < -0.3 is 15.0 Å². The first-order chi connectivity index (χ1) is 14.0. The van der Waals surface area contributed by atoms with Crippen LogP contribution in [0.25, 0.3) is 0 Å². The molecule has 1 aliphatic rings. The fourth-order valence-electron chi connectivity index (χ4n) is 3.51. The van der Waals surface area contributed by atoms with E-state index in [-0.39, 0.29) is 24.5 Å². The first kappa shape index (κ1) is 21.6. The van der Waals surface area contributed by atoms with Crippen molar-refractivity contribution in [2.45, 2.75) is 51.2 Å². The lowest BCUT2D eigenvalue weighted by Gasteiger charge is -2.29. The van der Waals surface area contributed by atoms with E-state index in [2.05, 4.69) is 27.9 Å². The molecule has 1 atom stereocenters. The molecule has 0 saturated heterocycles. The molecule has 0 heterocycles. The van der Waals surface area contributed by atoms with Gasteiger partial charge in [0.05, 0.1) is 0 Å². The quantitative estimate of drug-likeness (QED) is 0.548. The number of nitrogens with zero attached hydrogens (tertiary/aromatic N) is 1. The van der Waals surface area contributed by atoms with Gasteiger partial charge in [-0.15, -0.1) is 0 Å². The molecule has 1 saturated carbocycles. The minimum Gasteiger partial charge on any atom is -0.484 e. The normalized spacial score (nSPS) is 15.0. The predicted molar refractivity (Wildman–Crippen MR) is 122 cm³/mol. The maximum absolute atomic E-state index is 13.0. The largest absolute Gasteiger partial charge is 0.484 e. The average molecular weight is 506 g/mol. The molecule has 0 bridgehead atoms. The van der Waals surface area contributed by atoms with E-state index in [9.17, 15) is 9.59 Å². The third kappa shape index (κ3) is 6.45. The van der Waals surface area contributed by atoms with E-state index < -0.39 is 6.04 Å². The molecule has 5 nitrogen and oxygen atoms in total. The van der Waals surface area contributed by atoms with Gasteiger partial charge in [-0.25, -0.2) is 0 Å². The van der Waals surface area contributed by atoms with Crippen molar-refractivity contribution >= 4 is 34.4 Å². The smallest absolute Gasteiger partial charge is 0.261 e. The van der Waals surface area contributed by atoms with Crippen LogP contribution in [-0.4, -0.2) is 35.4 Å². The zero-order valence-electron chi connectivity index (χ0n) is 16.6. The van der Waals surface area contributed by atoms with Crippen LogP contribution in [0.3, 0.4) is 0 Å². The average Bonchev–Trinajstić information content (AvgIpc) is 3.24. The van der Waals surface area contributed by atoms with E-state index >= 15 is 0 Å². The van der Waals surface area contributed by atoms with Crippen molar-refractivity contribution in [3.63, 3.8) is 0 Å². The van der Waals surface area contributed by atoms with Crippen LogP contribution in [0.15, 0.2) is 54.6 Å². The third-order valence-corrected chi connectivity index (χ3v) is 5.96. The molecule has 0 spiro atoms. The highest BCUT2D eigenvalue weighted by atomic mass is 127. The number of carbonyl (C=O) groups excluding carboxylic acids is 2. The number of nitrogens with one attached hydrogen (secondary N) is 1. The minimum absolute atomic E-state index is 0.101. The number of amides is 2. The molecule has 6 heteroatoms. The summed E-state index contributed by atoms with van der Waals surface area (Å²) in [5, 5.41) is 3.11. The van der Waals surface area contributed by atoms with Crippen LogP contribution in [0, 0.1) is 3.57 Å². The second-order valence-corrected chi connectivity index (χ2v) is 8.66. The van der Waals surface area contributed by atoms with Crippen molar-refractivity contribution in [1.82, 2.24) is 10.2 Å². The lowest BCUT2D eigenvalue weighted by atomic mass is 10.1. The van der Waals surface area contributed by atoms with E-state index in [0.717, 1.165) is 34.8 Å². The molecule has 1 aliphatic carbocycles. The molecule has 3 rings (SSSR count). The number of halogens is 1. The van der Waals surface area contributed by atoms with E-state index in [4.69, 9.17) is 4.74 Å². The van der Waals surface area contributed by atoms with Crippen LogP contribution in [0.1, 0.15) is 38.2 Å². The highest BCUT2D eigenvalue weighted by molar-refractivity contribution is 14.1. The Morgan fingerprint density at radius 3 is 2.41 bits per heavy atom. The van der Waals surface area contributed by atoms with Gasteiger partial charge in [0, 0.05) is 16.2 Å². The number of ether oxygens (including phenoxy) is 1. The highest BCUT2D eigenvalue weighted by Crippen LogP contribution is 2.19. The van der Waals surface area contributed by atoms with E-state index in [1.165, 1.54) is 0 Å². The van der Waals surface area contributed by atoms with E-state index in [1.807, 2.05) is 54.6 Å². The molecule has 0 aliphatic heterocycles. The molecule has 0 aromatic heterocycles. The monoisotopic (exact) mass is 506 g/mol. The van der Waals surface area contributed by atoms with Gasteiger partial charge in [0.25, 0.3) is 5.91 Å². The predicted octanol–water partition coefficient (Wildman–Crippen LogP) is 4.15. The maximum atomic E-state index is 13.0. The molecule has 2 amide bonds. The van der Waals surface area contributed by atoms with Gasteiger partial charge in [-0.2, -0.15) is 0 Å². The fraction of sp³-hybridized carbons (Fsp3) is 0.391. The zero-order valence-corrected chi connectivity index (χ0v) is 18.8. The lowest BCUT2D eigenvalue weighted by Crippen LogP contribution is -2.50. The number of hydrogen-bond donors (Lipinski definition) is 1. The molecule has 1 fully saturated rings. The standard InChI is InChI=1S/C23H27IN2O3/c1-17(23(28)25-20-9-5-6-10-20)26(15-18-7-3-2-4-8-18)22(27)16-29-21-13-11-19(24)12-14-21/h2-4,7-8,11-14,17,20H,5-6,9-10,15-16H2,1H3,(H,25,28)/t17-/m0/s1. The Hall–Kier alpha value is -2.09. The van der Waals surface area contributed by atoms with Crippen molar-refractivity contribution < 1.29 is 14.3 Å². The summed E-state index contributed by atoms with van der Waals surface area (Å²) in [6.45, 7) is 2.06. The van der Waals surface area contributed by atoms with Crippen LogP contribution in [0.2, 0.25) is 0 Å². The molecule has 1 N–H and O–H groups in total. The second-order valence-electron chi connectivity index (χ2n) is 7.42.